The molecule has 0 atom stereocenters. The minimum Gasteiger partial charge on any atom is -0.325 e. The van der Waals surface area contributed by atoms with Crippen LogP contribution in [0.15, 0.2) is 59.6 Å². The largest absolute Gasteiger partial charge is 0.325 e. The van der Waals surface area contributed by atoms with Crippen molar-refractivity contribution < 1.29 is 4.79 Å². The van der Waals surface area contributed by atoms with Gasteiger partial charge < -0.3 is 5.32 Å². The zero-order chi connectivity index (χ0) is 16.9. The standard InChI is InChI=1S/C18H14Cl2N2OS/c19-13-6-7-16(14(20)11-13)21-17(23)9-10-24-18-8-5-12-3-1-2-4-15(12)22-18/h1-8,11H,9-10H2,(H,21,23). The number of nitrogens with one attached hydrogen (secondary N) is 1. The molecule has 3 nitrogen and oxygen atoms in total. The summed E-state index contributed by atoms with van der Waals surface area (Å²) in [6, 6.07) is 17.0. The van der Waals surface area contributed by atoms with Gasteiger partial charge in [0, 0.05) is 22.6 Å². The quantitative estimate of drug-likeness (QED) is 0.583. The van der Waals surface area contributed by atoms with Crippen LogP contribution < -0.4 is 5.32 Å². The van der Waals surface area contributed by atoms with Crippen LogP contribution >= 0.6 is 35.0 Å². The highest BCUT2D eigenvalue weighted by atomic mass is 35.5. The Hall–Kier alpha value is -1.75. The van der Waals surface area contributed by atoms with Crippen LogP contribution in [0.1, 0.15) is 6.42 Å². The molecule has 0 aliphatic rings. The average molecular weight is 377 g/mol. The van der Waals surface area contributed by atoms with Crippen LogP contribution in [0.25, 0.3) is 10.9 Å². The number of anilines is 1. The van der Waals surface area contributed by atoms with E-state index in [0.717, 1.165) is 15.9 Å². The first-order chi connectivity index (χ1) is 11.6. The zero-order valence-corrected chi connectivity index (χ0v) is 15.0. The summed E-state index contributed by atoms with van der Waals surface area (Å²) in [5, 5.41) is 5.77. The molecular formula is C18H14Cl2N2OS. The summed E-state index contributed by atoms with van der Waals surface area (Å²) < 4.78 is 0. The molecular weight excluding hydrogens is 363 g/mol. The van der Waals surface area contributed by atoms with Crippen LogP contribution in [0.4, 0.5) is 5.69 Å². The molecule has 0 unspecified atom stereocenters. The van der Waals surface area contributed by atoms with E-state index in [1.54, 1.807) is 30.0 Å². The third kappa shape index (κ3) is 4.41. The molecule has 0 spiro atoms. The molecule has 0 aliphatic carbocycles. The molecule has 6 heteroatoms. The van der Waals surface area contributed by atoms with E-state index in [2.05, 4.69) is 10.3 Å². The van der Waals surface area contributed by atoms with E-state index in [1.165, 1.54) is 0 Å². The highest BCUT2D eigenvalue weighted by Gasteiger charge is 2.07. The first-order valence-electron chi connectivity index (χ1n) is 7.35. The number of aromatic nitrogens is 1. The predicted molar refractivity (Wildman–Crippen MR) is 102 cm³/mol. The van der Waals surface area contributed by atoms with Crippen molar-refractivity contribution in [3.63, 3.8) is 0 Å². The molecule has 0 fully saturated rings. The van der Waals surface area contributed by atoms with Gasteiger partial charge in [-0.1, -0.05) is 47.5 Å². The lowest BCUT2D eigenvalue weighted by Crippen LogP contribution is -2.12. The van der Waals surface area contributed by atoms with E-state index in [0.29, 0.717) is 27.9 Å². The molecule has 2 aromatic carbocycles. The first-order valence-corrected chi connectivity index (χ1v) is 9.09. The number of halogens is 2. The van der Waals surface area contributed by atoms with Crippen molar-refractivity contribution in [2.24, 2.45) is 0 Å². The fourth-order valence-electron chi connectivity index (χ4n) is 2.18. The maximum absolute atomic E-state index is 12.0. The first kappa shape index (κ1) is 17.1. The summed E-state index contributed by atoms with van der Waals surface area (Å²) >= 11 is 13.4. The number of rotatable bonds is 5. The van der Waals surface area contributed by atoms with Crippen molar-refractivity contribution in [3.05, 3.63) is 64.6 Å². The molecule has 1 heterocycles. The van der Waals surface area contributed by atoms with E-state index < -0.39 is 0 Å². The van der Waals surface area contributed by atoms with Crippen molar-refractivity contribution in [3.8, 4) is 0 Å². The van der Waals surface area contributed by atoms with Gasteiger partial charge in [0.25, 0.3) is 0 Å². The number of nitrogens with zero attached hydrogens (tertiary/aromatic N) is 1. The molecule has 1 amide bonds. The van der Waals surface area contributed by atoms with Crippen LogP contribution in [0, 0.1) is 0 Å². The van der Waals surface area contributed by atoms with Gasteiger partial charge in [-0.05, 0) is 30.3 Å². The summed E-state index contributed by atoms with van der Waals surface area (Å²) in [6.45, 7) is 0. The van der Waals surface area contributed by atoms with E-state index >= 15 is 0 Å². The number of benzene rings is 2. The normalized spacial score (nSPS) is 10.8. The van der Waals surface area contributed by atoms with Gasteiger partial charge in [-0.2, -0.15) is 0 Å². The fraction of sp³-hybridized carbons (Fsp3) is 0.111. The molecule has 122 valence electrons. The van der Waals surface area contributed by atoms with Crippen LogP contribution in [0.5, 0.6) is 0 Å². The third-order valence-corrected chi connectivity index (χ3v) is 4.84. The van der Waals surface area contributed by atoms with E-state index in [4.69, 9.17) is 23.2 Å². The Labute approximate surface area is 154 Å². The molecule has 3 aromatic rings. The second kappa shape index (κ2) is 7.88. The van der Waals surface area contributed by atoms with E-state index in [9.17, 15) is 4.79 Å². The number of carbonyl (C=O) groups excluding carboxylic acids is 1. The lowest BCUT2D eigenvalue weighted by atomic mass is 10.2. The maximum Gasteiger partial charge on any atom is 0.225 e. The number of fused-ring (bicyclic) bond motifs is 1. The topological polar surface area (TPSA) is 42.0 Å². The molecule has 3 rings (SSSR count). The third-order valence-electron chi connectivity index (χ3n) is 3.36. The van der Waals surface area contributed by atoms with Gasteiger partial charge in [0.15, 0.2) is 0 Å². The summed E-state index contributed by atoms with van der Waals surface area (Å²) in [7, 11) is 0. The fourth-order valence-corrected chi connectivity index (χ4v) is 3.46. The Morgan fingerprint density at radius 1 is 1.08 bits per heavy atom. The smallest absolute Gasteiger partial charge is 0.225 e. The van der Waals surface area contributed by atoms with Gasteiger partial charge in [0.1, 0.15) is 0 Å². The molecule has 0 saturated heterocycles. The Kier molecular flexibility index (Phi) is 5.61. The van der Waals surface area contributed by atoms with Gasteiger partial charge >= 0.3 is 0 Å². The molecule has 0 aliphatic heterocycles. The Morgan fingerprint density at radius 3 is 2.75 bits per heavy atom. The minimum atomic E-state index is -0.0903. The molecule has 1 N–H and O–H groups in total. The molecule has 1 aromatic heterocycles. The number of carbonyl (C=O) groups is 1. The Balaban J connectivity index is 1.54. The number of hydrogen-bond acceptors (Lipinski definition) is 3. The number of hydrogen-bond donors (Lipinski definition) is 1. The number of thioether (sulfide) groups is 1. The molecule has 0 bridgehead atoms. The summed E-state index contributed by atoms with van der Waals surface area (Å²) in [6.07, 6.45) is 0.373. The number of para-hydroxylation sites is 1. The van der Waals surface area contributed by atoms with Gasteiger partial charge in [-0.3, -0.25) is 4.79 Å². The van der Waals surface area contributed by atoms with E-state index in [1.807, 2.05) is 36.4 Å². The van der Waals surface area contributed by atoms with Crippen LogP contribution in [0.3, 0.4) is 0 Å². The van der Waals surface area contributed by atoms with Crippen LogP contribution in [-0.2, 0) is 4.79 Å². The maximum atomic E-state index is 12.0. The second-order valence-corrected chi connectivity index (χ2v) is 7.07. The van der Waals surface area contributed by atoms with Crippen molar-refractivity contribution in [1.29, 1.82) is 0 Å². The Morgan fingerprint density at radius 2 is 1.92 bits per heavy atom. The number of amides is 1. The summed E-state index contributed by atoms with van der Waals surface area (Å²) in [4.78, 5) is 16.6. The van der Waals surface area contributed by atoms with E-state index in [-0.39, 0.29) is 5.91 Å². The molecule has 0 radical (unpaired) electrons. The highest BCUT2D eigenvalue weighted by molar-refractivity contribution is 7.99. The van der Waals surface area contributed by atoms with Crippen LogP contribution in [-0.4, -0.2) is 16.6 Å². The van der Waals surface area contributed by atoms with Gasteiger partial charge in [0.05, 0.1) is 21.3 Å². The summed E-state index contributed by atoms with van der Waals surface area (Å²) in [5.41, 5.74) is 1.53. The van der Waals surface area contributed by atoms with Gasteiger partial charge in [-0.15, -0.1) is 11.8 Å². The van der Waals surface area contributed by atoms with Gasteiger partial charge in [0.2, 0.25) is 5.91 Å². The Bertz CT molecular complexity index is 886. The lowest BCUT2D eigenvalue weighted by Gasteiger charge is -2.07. The predicted octanol–water partition coefficient (Wildman–Crippen LogP) is 5.66. The van der Waals surface area contributed by atoms with Gasteiger partial charge in [-0.25, -0.2) is 4.98 Å². The van der Waals surface area contributed by atoms with Crippen molar-refractivity contribution in [2.45, 2.75) is 11.4 Å². The second-order valence-electron chi connectivity index (χ2n) is 5.11. The lowest BCUT2D eigenvalue weighted by molar-refractivity contribution is -0.115. The molecule has 0 saturated carbocycles. The van der Waals surface area contributed by atoms with Crippen molar-refractivity contribution in [2.75, 3.05) is 11.1 Å². The monoisotopic (exact) mass is 376 g/mol. The van der Waals surface area contributed by atoms with Crippen molar-refractivity contribution >= 4 is 57.5 Å². The SMILES string of the molecule is O=C(CCSc1ccc2ccccc2n1)Nc1ccc(Cl)cc1Cl. The van der Waals surface area contributed by atoms with Crippen LogP contribution in [0.2, 0.25) is 10.0 Å². The average Bonchev–Trinajstić information content (AvgIpc) is 2.57. The molecule has 24 heavy (non-hydrogen) atoms. The number of pyridine rings is 1. The summed E-state index contributed by atoms with van der Waals surface area (Å²) in [5.74, 6) is 0.551. The minimum absolute atomic E-state index is 0.0903. The highest BCUT2D eigenvalue weighted by Crippen LogP contribution is 2.26. The zero-order valence-electron chi connectivity index (χ0n) is 12.6. The van der Waals surface area contributed by atoms with Crippen molar-refractivity contribution in [1.82, 2.24) is 4.98 Å².